The molecular formula is C17H24BrN5O. The highest BCUT2D eigenvalue weighted by Gasteiger charge is 2.27. The fourth-order valence-corrected chi connectivity index (χ4v) is 3.78. The summed E-state index contributed by atoms with van der Waals surface area (Å²) in [4.78, 5) is 14.6. The molecule has 2 unspecified atom stereocenters. The van der Waals surface area contributed by atoms with E-state index in [4.69, 9.17) is 0 Å². The standard InChI is InChI=1S/C17H24BrN5O/c1-11-7-12(2)9-21(8-11)17(24)15-5-6-22(20-15)10-23-14(4)16(18)13(3)19-23/h5-6,11-12H,7-10H2,1-4H3. The van der Waals surface area contributed by atoms with Crippen molar-refractivity contribution in [3.8, 4) is 0 Å². The Kier molecular flexibility index (Phi) is 4.80. The number of piperidine rings is 1. The van der Waals surface area contributed by atoms with Crippen LogP contribution in [0.5, 0.6) is 0 Å². The molecule has 0 bridgehead atoms. The van der Waals surface area contributed by atoms with E-state index in [0.717, 1.165) is 29.0 Å². The summed E-state index contributed by atoms with van der Waals surface area (Å²) in [6.45, 7) is 10.5. The van der Waals surface area contributed by atoms with Crippen LogP contribution in [0.4, 0.5) is 0 Å². The molecule has 3 rings (SSSR count). The Morgan fingerprint density at radius 2 is 1.92 bits per heavy atom. The molecule has 0 aromatic carbocycles. The molecule has 0 N–H and O–H groups in total. The highest BCUT2D eigenvalue weighted by Crippen LogP contribution is 2.22. The van der Waals surface area contributed by atoms with Crippen LogP contribution in [0.15, 0.2) is 16.7 Å². The van der Waals surface area contributed by atoms with Gasteiger partial charge in [-0.2, -0.15) is 10.2 Å². The van der Waals surface area contributed by atoms with Crippen LogP contribution in [0.1, 0.15) is 42.1 Å². The smallest absolute Gasteiger partial charge is 0.274 e. The summed E-state index contributed by atoms with van der Waals surface area (Å²) >= 11 is 3.53. The maximum Gasteiger partial charge on any atom is 0.274 e. The summed E-state index contributed by atoms with van der Waals surface area (Å²) < 4.78 is 4.66. The van der Waals surface area contributed by atoms with Crippen molar-refractivity contribution in [2.24, 2.45) is 11.8 Å². The maximum absolute atomic E-state index is 12.7. The number of nitrogens with zero attached hydrogens (tertiary/aromatic N) is 5. The monoisotopic (exact) mass is 393 g/mol. The van der Waals surface area contributed by atoms with Crippen LogP contribution in [-0.4, -0.2) is 43.5 Å². The van der Waals surface area contributed by atoms with Crippen molar-refractivity contribution in [3.05, 3.63) is 33.8 Å². The van der Waals surface area contributed by atoms with Gasteiger partial charge in [0.1, 0.15) is 12.4 Å². The van der Waals surface area contributed by atoms with E-state index in [-0.39, 0.29) is 5.91 Å². The first-order valence-electron chi connectivity index (χ1n) is 8.37. The Morgan fingerprint density at radius 1 is 1.25 bits per heavy atom. The zero-order valence-corrected chi connectivity index (χ0v) is 16.2. The third-order valence-corrected chi connectivity index (χ3v) is 5.74. The van der Waals surface area contributed by atoms with Crippen LogP contribution < -0.4 is 0 Å². The molecule has 24 heavy (non-hydrogen) atoms. The first-order valence-corrected chi connectivity index (χ1v) is 9.16. The molecule has 1 aliphatic rings. The molecule has 6 nitrogen and oxygen atoms in total. The lowest BCUT2D eigenvalue weighted by molar-refractivity contribution is 0.0616. The van der Waals surface area contributed by atoms with Crippen LogP contribution >= 0.6 is 15.9 Å². The number of carbonyl (C=O) groups is 1. The first-order chi connectivity index (χ1) is 11.3. The summed E-state index contributed by atoms with van der Waals surface area (Å²) in [6, 6.07) is 1.80. The fourth-order valence-electron chi connectivity index (χ4n) is 3.50. The highest BCUT2D eigenvalue weighted by molar-refractivity contribution is 9.10. The predicted molar refractivity (Wildman–Crippen MR) is 95.9 cm³/mol. The lowest BCUT2D eigenvalue weighted by Gasteiger charge is -2.34. The molecule has 1 saturated heterocycles. The molecular weight excluding hydrogens is 370 g/mol. The second-order valence-corrected chi connectivity index (χ2v) is 7.82. The third-order valence-electron chi connectivity index (χ3n) is 4.59. The predicted octanol–water partition coefficient (Wildman–Crippen LogP) is 3.08. The Morgan fingerprint density at radius 3 is 2.50 bits per heavy atom. The van der Waals surface area contributed by atoms with Gasteiger partial charge in [-0.25, -0.2) is 4.68 Å². The van der Waals surface area contributed by atoms with E-state index >= 15 is 0 Å². The first kappa shape index (κ1) is 17.2. The number of amides is 1. The summed E-state index contributed by atoms with van der Waals surface area (Å²) in [6.07, 6.45) is 3.03. The van der Waals surface area contributed by atoms with E-state index in [2.05, 4.69) is 40.0 Å². The van der Waals surface area contributed by atoms with Crippen LogP contribution in [0, 0.1) is 25.7 Å². The van der Waals surface area contributed by atoms with Gasteiger partial charge in [0.05, 0.1) is 15.9 Å². The summed E-state index contributed by atoms with van der Waals surface area (Å²) in [5.41, 5.74) is 2.51. The summed E-state index contributed by atoms with van der Waals surface area (Å²) in [7, 11) is 0. The average molecular weight is 394 g/mol. The van der Waals surface area contributed by atoms with Crippen molar-refractivity contribution >= 4 is 21.8 Å². The van der Waals surface area contributed by atoms with Gasteiger partial charge in [-0.15, -0.1) is 0 Å². The minimum Gasteiger partial charge on any atom is -0.337 e. The molecule has 3 heterocycles. The lowest BCUT2D eigenvalue weighted by atomic mass is 9.92. The summed E-state index contributed by atoms with van der Waals surface area (Å²) in [5.74, 6) is 1.13. The van der Waals surface area contributed by atoms with E-state index < -0.39 is 0 Å². The van der Waals surface area contributed by atoms with Crippen LogP contribution in [0.2, 0.25) is 0 Å². The van der Waals surface area contributed by atoms with Gasteiger partial charge in [-0.3, -0.25) is 9.48 Å². The molecule has 1 amide bonds. The SMILES string of the molecule is Cc1nn(Cn2ccc(C(=O)N3CC(C)CC(C)C3)n2)c(C)c1Br. The van der Waals surface area contributed by atoms with Crippen molar-refractivity contribution < 1.29 is 4.79 Å². The lowest BCUT2D eigenvalue weighted by Crippen LogP contribution is -2.42. The largest absolute Gasteiger partial charge is 0.337 e. The van der Waals surface area contributed by atoms with Gasteiger partial charge in [0, 0.05) is 19.3 Å². The molecule has 0 aliphatic carbocycles. The number of hydrogen-bond donors (Lipinski definition) is 0. The van der Waals surface area contributed by atoms with Gasteiger partial charge in [0.15, 0.2) is 0 Å². The van der Waals surface area contributed by atoms with E-state index in [1.165, 1.54) is 6.42 Å². The van der Waals surface area contributed by atoms with Gasteiger partial charge < -0.3 is 4.90 Å². The van der Waals surface area contributed by atoms with Gasteiger partial charge in [-0.05, 0) is 54.1 Å². The number of aryl methyl sites for hydroxylation is 1. The van der Waals surface area contributed by atoms with Gasteiger partial charge in [0.25, 0.3) is 5.91 Å². The normalized spacial score (nSPS) is 21.3. The topological polar surface area (TPSA) is 56.0 Å². The molecule has 130 valence electrons. The second-order valence-electron chi connectivity index (χ2n) is 7.02. The van der Waals surface area contributed by atoms with E-state index in [1.54, 1.807) is 10.7 Å². The van der Waals surface area contributed by atoms with Gasteiger partial charge in [-0.1, -0.05) is 13.8 Å². The van der Waals surface area contributed by atoms with Crippen molar-refractivity contribution in [1.29, 1.82) is 0 Å². The highest BCUT2D eigenvalue weighted by atomic mass is 79.9. The van der Waals surface area contributed by atoms with Crippen LogP contribution in [-0.2, 0) is 6.67 Å². The number of likely N-dealkylation sites (tertiary alicyclic amines) is 1. The third kappa shape index (κ3) is 3.41. The Labute approximate surface area is 151 Å². The number of aromatic nitrogens is 4. The van der Waals surface area contributed by atoms with Gasteiger partial charge in [0.2, 0.25) is 0 Å². The number of rotatable bonds is 3. The number of halogens is 1. The second kappa shape index (κ2) is 6.70. The van der Waals surface area contributed by atoms with Crippen LogP contribution in [0.25, 0.3) is 0 Å². The Bertz CT molecular complexity index is 740. The maximum atomic E-state index is 12.7. The molecule has 2 aromatic rings. The minimum atomic E-state index is 0.0294. The van der Waals surface area contributed by atoms with E-state index in [0.29, 0.717) is 24.2 Å². The minimum absolute atomic E-state index is 0.0294. The fraction of sp³-hybridized carbons (Fsp3) is 0.588. The van der Waals surface area contributed by atoms with Crippen molar-refractivity contribution in [2.75, 3.05) is 13.1 Å². The molecule has 2 aromatic heterocycles. The molecule has 0 radical (unpaired) electrons. The molecule has 0 spiro atoms. The van der Waals surface area contributed by atoms with Crippen molar-refractivity contribution in [2.45, 2.75) is 40.8 Å². The number of hydrogen-bond acceptors (Lipinski definition) is 3. The Hall–Kier alpha value is -1.63. The van der Waals surface area contributed by atoms with Crippen molar-refractivity contribution in [3.63, 3.8) is 0 Å². The molecule has 7 heteroatoms. The van der Waals surface area contributed by atoms with Crippen molar-refractivity contribution in [1.82, 2.24) is 24.5 Å². The van der Waals surface area contributed by atoms with Gasteiger partial charge >= 0.3 is 0 Å². The average Bonchev–Trinajstić information content (AvgIpc) is 3.07. The zero-order chi connectivity index (χ0) is 17.4. The molecule has 1 aliphatic heterocycles. The summed E-state index contributed by atoms with van der Waals surface area (Å²) in [5, 5.41) is 8.94. The quantitative estimate of drug-likeness (QED) is 0.804. The van der Waals surface area contributed by atoms with E-state index in [1.807, 2.05) is 29.6 Å². The number of carbonyl (C=O) groups excluding carboxylic acids is 1. The molecule has 1 fully saturated rings. The Balaban J connectivity index is 1.73. The molecule has 2 atom stereocenters. The van der Waals surface area contributed by atoms with Crippen LogP contribution in [0.3, 0.4) is 0 Å². The molecule has 0 saturated carbocycles. The van der Waals surface area contributed by atoms with E-state index in [9.17, 15) is 4.79 Å². The zero-order valence-electron chi connectivity index (χ0n) is 14.7.